The number of hydrogen-bond donors (Lipinski definition) is 1. The Morgan fingerprint density at radius 2 is 2.00 bits per heavy atom. The van der Waals surface area contributed by atoms with Crippen molar-refractivity contribution in [3.63, 3.8) is 0 Å². The van der Waals surface area contributed by atoms with Crippen molar-refractivity contribution in [2.75, 3.05) is 26.1 Å². The lowest BCUT2D eigenvalue weighted by molar-refractivity contribution is -0.117. The van der Waals surface area contributed by atoms with E-state index < -0.39 is 0 Å². The van der Waals surface area contributed by atoms with Gasteiger partial charge in [-0.25, -0.2) is 0 Å². The van der Waals surface area contributed by atoms with Gasteiger partial charge in [-0.15, -0.1) is 11.3 Å². The normalized spacial score (nSPS) is 14.6. The van der Waals surface area contributed by atoms with Gasteiger partial charge in [-0.05, 0) is 43.4 Å². The minimum atomic E-state index is -0.0593. The molecule has 0 saturated heterocycles. The van der Waals surface area contributed by atoms with Gasteiger partial charge in [-0.1, -0.05) is 30.3 Å². The fraction of sp³-hybridized carbons (Fsp3) is 0.429. The van der Waals surface area contributed by atoms with Crippen LogP contribution in [0.1, 0.15) is 33.6 Å². The van der Waals surface area contributed by atoms with E-state index in [2.05, 4.69) is 17.4 Å². The summed E-state index contributed by atoms with van der Waals surface area (Å²) in [5, 5.41) is 3.68. The molecule has 1 aromatic carbocycles. The predicted molar refractivity (Wildman–Crippen MR) is 108 cm³/mol. The number of likely N-dealkylation sites (N-methyl/N-ethyl adjacent to an activating group) is 1. The van der Waals surface area contributed by atoms with E-state index >= 15 is 0 Å². The molecule has 0 radical (unpaired) electrons. The summed E-state index contributed by atoms with van der Waals surface area (Å²) in [6.07, 6.45) is 2.65. The van der Waals surface area contributed by atoms with Gasteiger partial charge < -0.3 is 15.0 Å². The van der Waals surface area contributed by atoms with Crippen molar-refractivity contribution in [1.82, 2.24) is 4.90 Å². The summed E-state index contributed by atoms with van der Waals surface area (Å²) >= 11 is 1.35. The van der Waals surface area contributed by atoms with Gasteiger partial charge in [-0.2, -0.15) is 0 Å². The van der Waals surface area contributed by atoms with Gasteiger partial charge in [0.05, 0.1) is 22.5 Å². The highest BCUT2D eigenvalue weighted by atomic mass is 32.1. The highest BCUT2D eigenvalue weighted by Gasteiger charge is 2.30. The summed E-state index contributed by atoms with van der Waals surface area (Å²) in [6, 6.07) is 11.9. The molecule has 0 aliphatic heterocycles. The van der Waals surface area contributed by atoms with Crippen LogP contribution in [0.2, 0.25) is 0 Å². The maximum atomic E-state index is 13.1. The third kappa shape index (κ3) is 4.96. The number of hydrogen-bond acceptors (Lipinski definition) is 4. The molecular formula is C21H26N2O3S. The third-order valence-corrected chi connectivity index (χ3v) is 5.99. The van der Waals surface area contributed by atoms with Gasteiger partial charge >= 0.3 is 0 Å². The molecule has 1 saturated carbocycles. The molecule has 1 N–H and O–H groups in total. The van der Waals surface area contributed by atoms with Crippen LogP contribution < -0.4 is 5.32 Å². The molecule has 1 fully saturated rings. The van der Waals surface area contributed by atoms with E-state index in [9.17, 15) is 9.59 Å². The zero-order chi connectivity index (χ0) is 19.4. The standard InChI is InChI=1S/C21H26N2O3S/c1-14-11-18(22-20(24)16-9-10-16)27-19(14)21(25)23(2)17(13-26-3)12-15-7-5-4-6-8-15/h4-8,11,16-17H,9-10,12-13H2,1-3H3,(H,22,24). The number of thiophene rings is 1. The van der Waals surface area contributed by atoms with Crippen LogP contribution in [0.25, 0.3) is 0 Å². The summed E-state index contributed by atoms with van der Waals surface area (Å²) in [5.74, 6) is 0.165. The van der Waals surface area contributed by atoms with Crippen LogP contribution in [-0.2, 0) is 16.0 Å². The minimum Gasteiger partial charge on any atom is -0.383 e. The quantitative estimate of drug-likeness (QED) is 0.752. The van der Waals surface area contributed by atoms with Crippen molar-refractivity contribution < 1.29 is 14.3 Å². The van der Waals surface area contributed by atoms with Crippen molar-refractivity contribution >= 4 is 28.2 Å². The number of anilines is 1. The van der Waals surface area contributed by atoms with Crippen LogP contribution in [0.5, 0.6) is 0 Å². The Kier molecular flexibility index (Phi) is 6.29. The van der Waals surface area contributed by atoms with Gasteiger partial charge in [0.25, 0.3) is 5.91 Å². The number of rotatable bonds is 8. The molecule has 1 heterocycles. The predicted octanol–water partition coefficient (Wildman–Crippen LogP) is 3.73. The Bertz CT molecular complexity index is 799. The molecule has 27 heavy (non-hydrogen) atoms. The SMILES string of the molecule is COCC(Cc1ccccc1)N(C)C(=O)c1sc(NC(=O)C2CC2)cc1C. The smallest absolute Gasteiger partial charge is 0.264 e. The minimum absolute atomic E-state index is 0.0394. The molecule has 0 spiro atoms. The van der Waals surface area contributed by atoms with Crippen molar-refractivity contribution in [2.45, 2.75) is 32.2 Å². The lowest BCUT2D eigenvalue weighted by atomic mass is 10.1. The van der Waals surface area contributed by atoms with Crippen LogP contribution in [0.3, 0.4) is 0 Å². The molecule has 1 atom stereocenters. The fourth-order valence-corrected chi connectivity index (χ4v) is 4.10. The molecular weight excluding hydrogens is 360 g/mol. The number of carbonyl (C=O) groups is 2. The van der Waals surface area contributed by atoms with E-state index in [4.69, 9.17) is 4.74 Å². The molecule has 6 heteroatoms. The summed E-state index contributed by atoms with van der Waals surface area (Å²) in [6.45, 7) is 2.37. The van der Waals surface area contributed by atoms with E-state index in [0.29, 0.717) is 11.5 Å². The summed E-state index contributed by atoms with van der Waals surface area (Å²) in [5.41, 5.74) is 2.05. The van der Waals surface area contributed by atoms with E-state index in [1.54, 1.807) is 12.0 Å². The number of amides is 2. The van der Waals surface area contributed by atoms with E-state index in [1.165, 1.54) is 16.9 Å². The Balaban J connectivity index is 1.72. The average molecular weight is 387 g/mol. The summed E-state index contributed by atoms with van der Waals surface area (Å²) < 4.78 is 5.36. The molecule has 1 aromatic heterocycles. The molecule has 144 valence electrons. The number of methoxy groups -OCH3 is 1. The monoisotopic (exact) mass is 386 g/mol. The number of aryl methyl sites for hydroxylation is 1. The van der Waals surface area contributed by atoms with Crippen LogP contribution in [0.15, 0.2) is 36.4 Å². The van der Waals surface area contributed by atoms with E-state index in [1.807, 2.05) is 38.2 Å². The van der Waals surface area contributed by atoms with Gasteiger partial charge in [0.1, 0.15) is 0 Å². The first-order valence-electron chi connectivity index (χ1n) is 9.21. The average Bonchev–Trinajstić information content (AvgIpc) is 3.45. The number of benzene rings is 1. The zero-order valence-corrected chi connectivity index (χ0v) is 16.8. The molecule has 3 rings (SSSR count). The van der Waals surface area contributed by atoms with Crippen molar-refractivity contribution in [3.05, 3.63) is 52.4 Å². The van der Waals surface area contributed by atoms with E-state index in [0.717, 1.165) is 29.8 Å². The molecule has 0 bridgehead atoms. The first-order valence-corrected chi connectivity index (χ1v) is 10.0. The number of nitrogens with zero attached hydrogens (tertiary/aromatic N) is 1. The first kappa shape index (κ1) is 19.6. The Hall–Kier alpha value is -2.18. The molecule has 1 aliphatic carbocycles. The maximum Gasteiger partial charge on any atom is 0.264 e. The van der Waals surface area contributed by atoms with Crippen molar-refractivity contribution in [1.29, 1.82) is 0 Å². The molecule has 2 amide bonds. The molecule has 2 aromatic rings. The number of carbonyl (C=O) groups excluding carboxylic acids is 2. The highest BCUT2D eigenvalue weighted by molar-refractivity contribution is 7.18. The highest BCUT2D eigenvalue weighted by Crippen LogP contribution is 2.33. The third-order valence-electron chi connectivity index (χ3n) is 4.85. The van der Waals surface area contributed by atoms with Gasteiger partial charge in [-0.3, -0.25) is 9.59 Å². The van der Waals surface area contributed by atoms with Crippen molar-refractivity contribution in [3.8, 4) is 0 Å². The Labute approximate surface area is 164 Å². The topological polar surface area (TPSA) is 58.6 Å². The summed E-state index contributed by atoms with van der Waals surface area (Å²) in [4.78, 5) is 27.5. The lowest BCUT2D eigenvalue weighted by Crippen LogP contribution is -2.41. The van der Waals surface area contributed by atoms with Crippen LogP contribution in [-0.4, -0.2) is 43.5 Å². The largest absolute Gasteiger partial charge is 0.383 e. The van der Waals surface area contributed by atoms with Gasteiger partial charge in [0.2, 0.25) is 5.91 Å². The Morgan fingerprint density at radius 3 is 2.63 bits per heavy atom. The van der Waals surface area contributed by atoms with Gasteiger partial charge in [0, 0.05) is 20.1 Å². The molecule has 1 aliphatic rings. The maximum absolute atomic E-state index is 13.1. The van der Waals surface area contributed by atoms with E-state index in [-0.39, 0.29) is 23.8 Å². The molecule has 5 nitrogen and oxygen atoms in total. The number of ether oxygens (including phenoxy) is 1. The van der Waals surface area contributed by atoms with Crippen molar-refractivity contribution in [2.24, 2.45) is 5.92 Å². The molecule has 1 unspecified atom stereocenters. The lowest BCUT2D eigenvalue weighted by Gasteiger charge is -2.27. The second kappa shape index (κ2) is 8.67. The Morgan fingerprint density at radius 1 is 1.30 bits per heavy atom. The van der Waals surface area contributed by atoms with Crippen LogP contribution in [0, 0.1) is 12.8 Å². The summed E-state index contributed by atoms with van der Waals surface area (Å²) in [7, 11) is 3.47. The van der Waals surface area contributed by atoms with Gasteiger partial charge in [0.15, 0.2) is 0 Å². The fourth-order valence-electron chi connectivity index (χ4n) is 3.04. The zero-order valence-electron chi connectivity index (χ0n) is 16.0. The second-order valence-corrected chi connectivity index (χ2v) is 8.15. The van der Waals surface area contributed by atoms with Crippen LogP contribution in [0.4, 0.5) is 5.00 Å². The van der Waals surface area contributed by atoms with Crippen LogP contribution >= 0.6 is 11.3 Å². The second-order valence-electron chi connectivity index (χ2n) is 7.10. The number of nitrogens with one attached hydrogen (secondary N) is 1. The first-order chi connectivity index (χ1) is 13.0.